The van der Waals surface area contributed by atoms with Gasteiger partial charge in [-0.2, -0.15) is 15.0 Å². The monoisotopic (exact) mass is 478 g/mol. The van der Waals surface area contributed by atoms with Crippen molar-refractivity contribution < 1.29 is 13.9 Å². The lowest BCUT2D eigenvalue weighted by Crippen LogP contribution is -2.50. The van der Waals surface area contributed by atoms with Crippen molar-refractivity contribution in [2.45, 2.75) is 12.5 Å². The van der Waals surface area contributed by atoms with Crippen LogP contribution in [0.5, 0.6) is 0 Å². The molecule has 0 bridgehead atoms. The van der Waals surface area contributed by atoms with E-state index in [1.807, 2.05) is 0 Å². The standard InChI is InChI=1S/C24H20ClFN6O2/c25-18-3-5-22(32-29-8-9-30-32)20(14-18)24(33)31-10-11-34-15-19(31)13-17-12-16(2-4-21(17)26)23-27-6-1-7-28-23/h1-9,12,14,19H,10-11,13,15H2. The van der Waals surface area contributed by atoms with Gasteiger partial charge in [-0.1, -0.05) is 11.6 Å². The molecular weight excluding hydrogens is 459 g/mol. The van der Waals surface area contributed by atoms with Gasteiger partial charge in [0.05, 0.1) is 42.9 Å². The molecule has 1 saturated heterocycles. The molecule has 8 nitrogen and oxygen atoms in total. The van der Waals surface area contributed by atoms with Gasteiger partial charge in [0, 0.05) is 29.5 Å². The van der Waals surface area contributed by atoms with Crippen LogP contribution in [-0.2, 0) is 11.2 Å². The minimum atomic E-state index is -0.375. The maximum atomic E-state index is 14.8. The van der Waals surface area contributed by atoms with Crippen LogP contribution in [0.4, 0.5) is 4.39 Å². The Kier molecular flexibility index (Phi) is 6.29. The molecule has 1 fully saturated rings. The molecule has 0 radical (unpaired) electrons. The second kappa shape index (κ2) is 9.66. The van der Waals surface area contributed by atoms with Crippen LogP contribution in [0.3, 0.4) is 0 Å². The Hall–Kier alpha value is -3.69. The fourth-order valence-electron chi connectivity index (χ4n) is 4.01. The predicted molar refractivity (Wildman–Crippen MR) is 123 cm³/mol. The molecule has 2 aromatic carbocycles. The summed E-state index contributed by atoms with van der Waals surface area (Å²) in [6.07, 6.45) is 6.61. The van der Waals surface area contributed by atoms with Gasteiger partial charge in [0.1, 0.15) is 5.82 Å². The number of amides is 1. The summed E-state index contributed by atoms with van der Waals surface area (Å²) < 4.78 is 20.4. The molecule has 1 unspecified atom stereocenters. The first kappa shape index (κ1) is 22.1. The van der Waals surface area contributed by atoms with Gasteiger partial charge in [-0.25, -0.2) is 14.4 Å². The summed E-state index contributed by atoms with van der Waals surface area (Å²) in [5.41, 5.74) is 2.04. The molecule has 1 aliphatic rings. The topological polar surface area (TPSA) is 86.0 Å². The van der Waals surface area contributed by atoms with Crippen LogP contribution in [0, 0.1) is 5.82 Å². The molecular formula is C24H20ClFN6O2. The number of carbonyl (C=O) groups excluding carboxylic acids is 1. The van der Waals surface area contributed by atoms with Crippen molar-refractivity contribution in [1.29, 1.82) is 0 Å². The van der Waals surface area contributed by atoms with Crippen LogP contribution in [-0.4, -0.2) is 61.6 Å². The SMILES string of the molecule is O=C(c1cc(Cl)ccc1-n1nccn1)N1CCOCC1Cc1cc(-c2ncccn2)ccc1F. The third kappa shape index (κ3) is 4.52. The lowest BCUT2D eigenvalue weighted by atomic mass is 10.00. The number of benzene rings is 2. The maximum Gasteiger partial charge on any atom is 0.256 e. The average molecular weight is 479 g/mol. The number of rotatable bonds is 5. The number of ether oxygens (including phenoxy) is 1. The second-order valence-electron chi connectivity index (χ2n) is 7.79. The van der Waals surface area contributed by atoms with Crippen LogP contribution in [0.2, 0.25) is 5.02 Å². The van der Waals surface area contributed by atoms with Gasteiger partial charge in [0.15, 0.2) is 5.82 Å². The molecule has 10 heteroatoms. The molecule has 1 atom stereocenters. The molecule has 0 spiro atoms. The number of carbonyl (C=O) groups is 1. The molecule has 5 rings (SSSR count). The Morgan fingerprint density at radius 3 is 2.68 bits per heavy atom. The van der Waals surface area contributed by atoms with Crippen molar-refractivity contribution in [2.75, 3.05) is 19.8 Å². The third-order valence-electron chi connectivity index (χ3n) is 5.64. The van der Waals surface area contributed by atoms with Crippen LogP contribution in [0.15, 0.2) is 67.3 Å². The number of hydrogen-bond donors (Lipinski definition) is 0. The first-order valence-corrected chi connectivity index (χ1v) is 11.1. The minimum absolute atomic E-state index is 0.244. The number of morpholine rings is 1. The van der Waals surface area contributed by atoms with E-state index < -0.39 is 0 Å². The normalized spacial score (nSPS) is 15.9. The Morgan fingerprint density at radius 1 is 1.09 bits per heavy atom. The molecule has 3 heterocycles. The van der Waals surface area contributed by atoms with E-state index in [1.54, 1.807) is 53.7 Å². The van der Waals surface area contributed by atoms with Crippen molar-refractivity contribution in [1.82, 2.24) is 29.9 Å². The van der Waals surface area contributed by atoms with Crippen molar-refractivity contribution in [3.8, 4) is 17.1 Å². The Labute approximate surface area is 200 Å². The molecule has 0 saturated carbocycles. The van der Waals surface area contributed by atoms with Crippen LogP contribution in [0.25, 0.3) is 17.1 Å². The largest absolute Gasteiger partial charge is 0.377 e. The highest BCUT2D eigenvalue weighted by molar-refractivity contribution is 6.31. The fourth-order valence-corrected chi connectivity index (χ4v) is 4.18. The van der Waals surface area contributed by atoms with E-state index in [1.165, 1.54) is 23.3 Å². The molecule has 1 aliphatic heterocycles. The van der Waals surface area contributed by atoms with E-state index in [0.29, 0.717) is 46.4 Å². The van der Waals surface area contributed by atoms with Gasteiger partial charge in [-0.05, 0) is 54.4 Å². The number of nitrogens with zero attached hydrogens (tertiary/aromatic N) is 6. The van der Waals surface area contributed by atoms with E-state index in [-0.39, 0.29) is 30.8 Å². The van der Waals surface area contributed by atoms with Crippen molar-refractivity contribution in [3.63, 3.8) is 0 Å². The highest BCUT2D eigenvalue weighted by Crippen LogP contribution is 2.25. The average Bonchev–Trinajstić information content (AvgIpc) is 3.41. The highest BCUT2D eigenvalue weighted by Gasteiger charge is 2.31. The predicted octanol–water partition coefficient (Wildman–Crippen LogP) is 3.60. The fraction of sp³-hybridized carbons (Fsp3) is 0.208. The summed E-state index contributed by atoms with van der Waals surface area (Å²) in [7, 11) is 0. The van der Waals surface area contributed by atoms with Crippen molar-refractivity contribution in [3.05, 3.63) is 89.2 Å². The lowest BCUT2D eigenvalue weighted by molar-refractivity contribution is -0.00185. The van der Waals surface area contributed by atoms with Crippen LogP contribution >= 0.6 is 11.6 Å². The quantitative estimate of drug-likeness (QED) is 0.435. The summed E-state index contributed by atoms with van der Waals surface area (Å²) in [6, 6.07) is 11.1. The molecule has 2 aromatic heterocycles. The first-order valence-electron chi connectivity index (χ1n) is 10.7. The zero-order valence-corrected chi connectivity index (χ0v) is 18.8. The number of hydrogen-bond acceptors (Lipinski definition) is 6. The first-order chi connectivity index (χ1) is 16.6. The molecule has 1 amide bonds. The maximum absolute atomic E-state index is 14.8. The van der Waals surface area contributed by atoms with Gasteiger partial charge in [-0.3, -0.25) is 4.79 Å². The second-order valence-corrected chi connectivity index (χ2v) is 8.23. The van der Waals surface area contributed by atoms with Gasteiger partial charge in [-0.15, -0.1) is 0 Å². The molecule has 4 aromatic rings. The van der Waals surface area contributed by atoms with E-state index in [4.69, 9.17) is 16.3 Å². The molecule has 172 valence electrons. The van der Waals surface area contributed by atoms with Crippen molar-refractivity contribution in [2.24, 2.45) is 0 Å². The lowest BCUT2D eigenvalue weighted by Gasteiger charge is -2.36. The molecule has 0 aliphatic carbocycles. The van der Waals surface area contributed by atoms with Gasteiger partial charge >= 0.3 is 0 Å². The number of halogens is 2. The van der Waals surface area contributed by atoms with Crippen molar-refractivity contribution >= 4 is 17.5 Å². The molecule has 34 heavy (non-hydrogen) atoms. The van der Waals surface area contributed by atoms with E-state index >= 15 is 0 Å². The Morgan fingerprint density at radius 2 is 1.88 bits per heavy atom. The van der Waals surface area contributed by atoms with E-state index in [0.717, 1.165) is 0 Å². The summed E-state index contributed by atoms with van der Waals surface area (Å²) in [4.78, 5) is 25.2. The van der Waals surface area contributed by atoms with Crippen LogP contribution in [0.1, 0.15) is 15.9 Å². The van der Waals surface area contributed by atoms with Gasteiger partial charge < -0.3 is 9.64 Å². The smallest absolute Gasteiger partial charge is 0.256 e. The summed E-state index contributed by atoms with van der Waals surface area (Å²) in [5, 5.41) is 8.72. The van der Waals surface area contributed by atoms with Gasteiger partial charge in [0.2, 0.25) is 0 Å². The molecule has 0 N–H and O–H groups in total. The zero-order valence-electron chi connectivity index (χ0n) is 18.0. The minimum Gasteiger partial charge on any atom is -0.377 e. The zero-order chi connectivity index (χ0) is 23.5. The van der Waals surface area contributed by atoms with Crippen LogP contribution < -0.4 is 0 Å². The number of aromatic nitrogens is 5. The highest BCUT2D eigenvalue weighted by atomic mass is 35.5. The van der Waals surface area contributed by atoms with E-state index in [2.05, 4.69) is 20.2 Å². The summed E-state index contributed by atoms with van der Waals surface area (Å²) >= 11 is 6.22. The Bertz CT molecular complexity index is 1300. The summed E-state index contributed by atoms with van der Waals surface area (Å²) in [5.74, 6) is -0.0974. The van der Waals surface area contributed by atoms with E-state index in [9.17, 15) is 9.18 Å². The Balaban J connectivity index is 1.45. The summed E-state index contributed by atoms with van der Waals surface area (Å²) in [6.45, 7) is 1.04. The third-order valence-corrected chi connectivity index (χ3v) is 5.87. The van der Waals surface area contributed by atoms with Gasteiger partial charge in [0.25, 0.3) is 5.91 Å².